The first-order valence-corrected chi connectivity index (χ1v) is 8.71. The van der Waals surface area contributed by atoms with Gasteiger partial charge in [-0.05, 0) is 37.6 Å². The standard InChI is InChI=1S/C18H18ClN5O2/c1-11-14(6-8-24-16(25)10-20-18(24)26)17(22(2)21-11)23-7-5-12-9-13(19)3-4-15(12)23/h3-5,7,9H,6,8,10H2,1-2H3,(H,20,26). The molecule has 1 aliphatic rings. The van der Waals surface area contributed by atoms with E-state index in [0.717, 1.165) is 28.0 Å². The van der Waals surface area contributed by atoms with Crippen LogP contribution in [-0.4, -0.2) is 44.3 Å². The molecule has 134 valence electrons. The highest BCUT2D eigenvalue weighted by Crippen LogP contribution is 2.27. The van der Waals surface area contributed by atoms with E-state index in [1.54, 1.807) is 0 Å². The van der Waals surface area contributed by atoms with Crippen LogP contribution in [0.1, 0.15) is 11.3 Å². The van der Waals surface area contributed by atoms with Gasteiger partial charge in [-0.2, -0.15) is 5.10 Å². The van der Waals surface area contributed by atoms with Gasteiger partial charge in [-0.1, -0.05) is 11.6 Å². The Balaban J connectivity index is 1.73. The highest BCUT2D eigenvalue weighted by molar-refractivity contribution is 6.31. The number of nitrogens with zero attached hydrogens (tertiary/aromatic N) is 4. The number of halogens is 1. The van der Waals surface area contributed by atoms with Crippen molar-refractivity contribution in [2.45, 2.75) is 13.3 Å². The van der Waals surface area contributed by atoms with Gasteiger partial charge in [-0.3, -0.25) is 14.4 Å². The van der Waals surface area contributed by atoms with Crippen molar-refractivity contribution in [3.63, 3.8) is 0 Å². The van der Waals surface area contributed by atoms with Crippen LogP contribution >= 0.6 is 11.6 Å². The molecule has 1 aliphatic heterocycles. The number of hydrogen-bond acceptors (Lipinski definition) is 3. The zero-order chi connectivity index (χ0) is 18.4. The Morgan fingerprint density at radius 1 is 1.27 bits per heavy atom. The minimum Gasteiger partial charge on any atom is -0.329 e. The predicted octanol–water partition coefficient (Wildman–Crippen LogP) is 2.42. The molecule has 4 rings (SSSR count). The van der Waals surface area contributed by atoms with Crippen molar-refractivity contribution in [3.8, 4) is 5.82 Å². The number of imide groups is 1. The van der Waals surface area contributed by atoms with Crippen LogP contribution in [0.3, 0.4) is 0 Å². The van der Waals surface area contributed by atoms with Crippen LogP contribution in [0, 0.1) is 6.92 Å². The average molecular weight is 372 g/mol. The van der Waals surface area contributed by atoms with Gasteiger partial charge in [0, 0.05) is 35.8 Å². The molecule has 2 aromatic heterocycles. The summed E-state index contributed by atoms with van der Waals surface area (Å²) in [5, 5.41) is 8.81. The second kappa shape index (κ2) is 6.17. The fourth-order valence-electron chi connectivity index (χ4n) is 3.49. The van der Waals surface area contributed by atoms with Crippen LogP contribution in [0.4, 0.5) is 4.79 Å². The quantitative estimate of drug-likeness (QED) is 0.716. The first-order chi connectivity index (χ1) is 12.5. The molecule has 3 amide bonds. The number of rotatable bonds is 4. The fraction of sp³-hybridized carbons (Fsp3) is 0.278. The number of hydrogen-bond donors (Lipinski definition) is 1. The Morgan fingerprint density at radius 2 is 2.08 bits per heavy atom. The number of fused-ring (bicyclic) bond motifs is 1. The number of aryl methyl sites for hydroxylation is 2. The lowest BCUT2D eigenvalue weighted by Crippen LogP contribution is -2.33. The number of amides is 3. The van der Waals surface area contributed by atoms with Gasteiger partial charge < -0.3 is 9.88 Å². The van der Waals surface area contributed by atoms with Crippen LogP contribution in [0.15, 0.2) is 30.5 Å². The van der Waals surface area contributed by atoms with E-state index in [9.17, 15) is 9.59 Å². The molecule has 26 heavy (non-hydrogen) atoms. The van der Waals surface area contributed by atoms with Crippen molar-refractivity contribution in [1.82, 2.24) is 24.6 Å². The lowest BCUT2D eigenvalue weighted by Gasteiger charge is -2.14. The third-order valence-electron chi connectivity index (χ3n) is 4.72. The number of carbonyl (C=O) groups is 2. The molecule has 1 saturated heterocycles. The minimum absolute atomic E-state index is 0.0701. The average Bonchev–Trinajstić information content (AvgIpc) is 3.22. The predicted molar refractivity (Wildman–Crippen MR) is 98.6 cm³/mol. The van der Waals surface area contributed by atoms with Crippen molar-refractivity contribution in [3.05, 3.63) is 46.7 Å². The van der Waals surface area contributed by atoms with Gasteiger partial charge in [0.2, 0.25) is 5.91 Å². The van der Waals surface area contributed by atoms with E-state index in [-0.39, 0.29) is 18.5 Å². The molecule has 0 saturated carbocycles. The van der Waals surface area contributed by atoms with Crippen molar-refractivity contribution < 1.29 is 9.59 Å². The molecule has 0 radical (unpaired) electrons. The molecule has 0 unspecified atom stereocenters. The molecule has 0 bridgehead atoms. The topological polar surface area (TPSA) is 72.2 Å². The fourth-order valence-corrected chi connectivity index (χ4v) is 3.67. The Bertz CT molecular complexity index is 1020. The van der Waals surface area contributed by atoms with E-state index in [4.69, 9.17) is 11.6 Å². The summed E-state index contributed by atoms with van der Waals surface area (Å²) >= 11 is 6.09. The molecule has 1 aromatic carbocycles. The number of aromatic nitrogens is 3. The second-order valence-electron chi connectivity index (χ2n) is 6.35. The highest BCUT2D eigenvalue weighted by Gasteiger charge is 2.29. The SMILES string of the molecule is Cc1nn(C)c(-n2ccc3cc(Cl)ccc32)c1CCN1C(=O)CNC1=O. The van der Waals surface area contributed by atoms with Gasteiger partial charge in [0.1, 0.15) is 5.82 Å². The third-order valence-corrected chi connectivity index (χ3v) is 4.95. The van der Waals surface area contributed by atoms with E-state index >= 15 is 0 Å². The van der Waals surface area contributed by atoms with Crippen LogP contribution in [0.5, 0.6) is 0 Å². The maximum absolute atomic E-state index is 11.8. The molecule has 8 heteroatoms. The molecule has 3 heterocycles. The number of nitrogens with one attached hydrogen (secondary N) is 1. The van der Waals surface area contributed by atoms with Gasteiger partial charge in [0.15, 0.2) is 0 Å². The zero-order valence-corrected chi connectivity index (χ0v) is 15.2. The van der Waals surface area contributed by atoms with Gasteiger partial charge in [-0.25, -0.2) is 4.79 Å². The van der Waals surface area contributed by atoms with E-state index in [1.165, 1.54) is 4.90 Å². The smallest absolute Gasteiger partial charge is 0.324 e. The summed E-state index contributed by atoms with van der Waals surface area (Å²) in [6.45, 7) is 2.34. The van der Waals surface area contributed by atoms with Crippen molar-refractivity contribution in [1.29, 1.82) is 0 Å². The maximum Gasteiger partial charge on any atom is 0.324 e. The van der Waals surface area contributed by atoms with Crippen molar-refractivity contribution >= 4 is 34.4 Å². The van der Waals surface area contributed by atoms with Crippen molar-refractivity contribution in [2.24, 2.45) is 7.05 Å². The number of urea groups is 1. The largest absolute Gasteiger partial charge is 0.329 e. The van der Waals surface area contributed by atoms with Gasteiger partial charge >= 0.3 is 6.03 Å². The molecule has 1 N–H and O–H groups in total. The minimum atomic E-state index is -0.334. The molecular weight excluding hydrogens is 354 g/mol. The summed E-state index contributed by atoms with van der Waals surface area (Å²) in [6, 6.07) is 7.42. The molecule has 0 spiro atoms. The monoisotopic (exact) mass is 371 g/mol. The first-order valence-electron chi connectivity index (χ1n) is 8.33. The lowest BCUT2D eigenvalue weighted by molar-refractivity contribution is -0.124. The van der Waals surface area contributed by atoms with E-state index in [1.807, 2.05) is 49.1 Å². The first kappa shape index (κ1) is 16.7. The van der Waals surface area contributed by atoms with Crippen molar-refractivity contribution in [2.75, 3.05) is 13.1 Å². The molecule has 0 aliphatic carbocycles. The van der Waals surface area contributed by atoms with Gasteiger partial charge in [0.25, 0.3) is 0 Å². The zero-order valence-electron chi connectivity index (χ0n) is 14.5. The maximum atomic E-state index is 11.8. The summed E-state index contributed by atoms with van der Waals surface area (Å²) in [4.78, 5) is 24.8. The number of benzene rings is 1. The Kier molecular flexibility index (Phi) is 3.96. The Hall–Kier alpha value is -2.80. The van der Waals surface area contributed by atoms with E-state index in [0.29, 0.717) is 18.0 Å². The van der Waals surface area contributed by atoms with E-state index < -0.39 is 0 Å². The number of carbonyl (C=O) groups excluding carboxylic acids is 2. The Morgan fingerprint density at radius 3 is 2.81 bits per heavy atom. The van der Waals surface area contributed by atoms with Gasteiger partial charge in [0.05, 0.1) is 17.8 Å². The summed E-state index contributed by atoms with van der Waals surface area (Å²) < 4.78 is 3.89. The highest BCUT2D eigenvalue weighted by atomic mass is 35.5. The summed E-state index contributed by atoms with van der Waals surface area (Å²) in [6.07, 6.45) is 2.52. The summed E-state index contributed by atoms with van der Waals surface area (Å²) in [5.41, 5.74) is 2.91. The Labute approximate surface area is 155 Å². The third kappa shape index (κ3) is 2.64. The summed E-state index contributed by atoms with van der Waals surface area (Å²) in [7, 11) is 1.89. The van der Waals surface area contributed by atoms with Crippen LogP contribution in [0.2, 0.25) is 5.02 Å². The van der Waals surface area contributed by atoms with Crippen LogP contribution < -0.4 is 5.32 Å². The van der Waals surface area contributed by atoms with Crippen LogP contribution in [0.25, 0.3) is 16.7 Å². The van der Waals surface area contributed by atoms with Gasteiger partial charge in [-0.15, -0.1) is 0 Å². The molecule has 1 fully saturated rings. The molecular formula is C18H18ClN5O2. The van der Waals surface area contributed by atoms with E-state index in [2.05, 4.69) is 15.0 Å². The molecule has 0 atom stereocenters. The summed E-state index contributed by atoms with van der Waals surface area (Å²) in [5.74, 6) is 0.728. The second-order valence-corrected chi connectivity index (χ2v) is 6.79. The van der Waals surface area contributed by atoms with Crippen LogP contribution in [-0.2, 0) is 18.3 Å². The molecule has 3 aromatic rings. The molecule has 7 nitrogen and oxygen atoms in total. The lowest BCUT2D eigenvalue weighted by atomic mass is 10.1. The normalized spacial score (nSPS) is 14.5.